The average Bonchev–Trinajstić information content (AvgIpc) is 2.91. The van der Waals surface area contributed by atoms with Crippen LogP contribution >= 0.6 is 0 Å². The highest BCUT2D eigenvalue weighted by Crippen LogP contribution is 2.20. The summed E-state index contributed by atoms with van der Waals surface area (Å²) in [5, 5.41) is 6.29. The molecule has 0 atom stereocenters. The molecule has 2 N–H and O–H groups in total. The van der Waals surface area contributed by atoms with E-state index in [1.165, 1.54) is 12.8 Å². The van der Waals surface area contributed by atoms with Crippen molar-refractivity contribution in [1.82, 2.24) is 15.0 Å². The fraction of sp³-hybridized carbons (Fsp3) is 0.769. The lowest BCUT2D eigenvalue weighted by molar-refractivity contribution is 0.158. The molecule has 1 aliphatic rings. The summed E-state index contributed by atoms with van der Waals surface area (Å²) in [4.78, 5) is 15.5. The van der Waals surface area contributed by atoms with Crippen molar-refractivity contribution in [2.75, 3.05) is 49.4 Å². The average molecular weight is 280 g/mol. The van der Waals surface area contributed by atoms with Gasteiger partial charge in [-0.25, -0.2) is 0 Å². The van der Waals surface area contributed by atoms with Crippen LogP contribution in [0.5, 0.6) is 0 Å². The maximum atomic E-state index is 5.21. The first-order valence-corrected chi connectivity index (χ1v) is 7.00. The predicted molar refractivity (Wildman–Crippen MR) is 80.4 cm³/mol. The molecule has 1 fully saturated rings. The van der Waals surface area contributed by atoms with Gasteiger partial charge in [0.25, 0.3) is 0 Å². The summed E-state index contributed by atoms with van der Waals surface area (Å²) in [6.45, 7) is 6.69. The van der Waals surface area contributed by atoms with Gasteiger partial charge in [-0.1, -0.05) is 0 Å². The van der Waals surface area contributed by atoms with Gasteiger partial charge in [-0.05, 0) is 26.7 Å². The first kappa shape index (κ1) is 14.8. The number of aromatic nitrogens is 3. The van der Waals surface area contributed by atoms with Crippen molar-refractivity contribution in [1.29, 1.82) is 0 Å². The van der Waals surface area contributed by atoms with E-state index in [1.807, 2.05) is 7.05 Å². The quantitative estimate of drug-likeness (QED) is 0.814. The molecular weight excluding hydrogens is 256 g/mol. The second kappa shape index (κ2) is 6.21. The van der Waals surface area contributed by atoms with Gasteiger partial charge >= 0.3 is 0 Å². The molecule has 0 saturated carbocycles. The Bertz CT molecular complexity index is 444. The first-order valence-electron chi connectivity index (χ1n) is 7.00. The third-order valence-corrected chi connectivity index (χ3v) is 3.19. The second-order valence-corrected chi connectivity index (χ2v) is 5.67. The molecule has 2 rings (SSSR count). The minimum Gasteiger partial charge on any atom is -0.382 e. The molecule has 0 aliphatic carbocycles. The number of hydrogen-bond acceptors (Lipinski definition) is 7. The highest BCUT2D eigenvalue weighted by atomic mass is 16.5. The lowest BCUT2D eigenvalue weighted by Gasteiger charge is -2.26. The zero-order chi connectivity index (χ0) is 14.6. The fourth-order valence-corrected chi connectivity index (χ4v) is 2.29. The number of hydrogen-bond donors (Lipinski definition) is 2. The van der Waals surface area contributed by atoms with E-state index in [-0.39, 0.29) is 5.54 Å². The van der Waals surface area contributed by atoms with Crippen LogP contribution in [0, 0.1) is 0 Å². The van der Waals surface area contributed by atoms with Gasteiger partial charge in [0.2, 0.25) is 17.8 Å². The Morgan fingerprint density at radius 2 is 1.80 bits per heavy atom. The van der Waals surface area contributed by atoms with Crippen LogP contribution in [0.1, 0.15) is 26.7 Å². The Kier molecular flexibility index (Phi) is 4.59. The third kappa shape index (κ3) is 3.69. The monoisotopic (exact) mass is 280 g/mol. The number of anilines is 3. The van der Waals surface area contributed by atoms with Gasteiger partial charge in [-0.3, -0.25) is 0 Å². The molecule has 0 radical (unpaired) electrons. The van der Waals surface area contributed by atoms with E-state index in [2.05, 4.69) is 44.3 Å². The minimum atomic E-state index is -0.233. The Balaban J connectivity index is 2.21. The third-order valence-electron chi connectivity index (χ3n) is 3.19. The molecular formula is C13H24N6O. The van der Waals surface area contributed by atoms with Gasteiger partial charge in [-0.15, -0.1) is 0 Å². The fourth-order valence-electron chi connectivity index (χ4n) is 2.29. The van der Waals surface area contributed by atoms with Crippen molar-refractivity contribution in [2.45, 2.75) is 32.2 Å². The Labute approximate surface area is 120 Å². The summed E-state index contributed by atoms with van der Waals surface area (Å²) in [6, 6.07) is 0. The maximum Gasteiger partial charge on any atom is 0.231 e. The number of rotatable bonds is 6. The molecule has 0 amide bonds. The molecule has 0 aromatic carbocycles. The number of methoxy groups -OCH3 is 1. The van der Waals surface area contributed by atoms with E-state index in [1.54, 1.807) is 7.11 Å². The van der Waals surface area contributed by atoms with Crippen molar-refractivity contribution in [2.24, 2.45) is 0 Å². The van der Waals surface area contributed by atoms with Crippen molar-refractivity contribution in [3.63, 3.8) is 0 Å². The van der Waals surface area contributed by atoms with Crippen molar-refractivity contribution in [3.8, 4) is 0 Å². The predicted octanol–water partition coefficient (Wildman–Crippen LogP) is 1.35. The van der Waals surface area contributed by atoms with Crippen LogP contribution in [0.2, 0.25) is 0 Å². The van der Waals surface area contributed by atoms with Crippen LogP contribution < -0.4 is 15.5 Å². The standard InChI is InChI=1S/C13H24N6O/c1-13(2,9-20-4)18-11-15-10(14-3)16-12(17-11)19-7-5-6-8-19/h5-9H2,1-4H3,(H2,14,15,16,17,18). The van der Waals surface area contributed by atoms with E-state index in [4.69, 9.17) is 4.74 Å². The summed E-state index contributed by atoms with van der Waals surface area (Å²) < 4.78 is 5.21. The summed E-state index contributed by atoms with van der Waals surface area (Å²) in [7, 11) is 3.50. The van der Waals surface area contributed by atoms with Crippen LogP contribution in [0.15, 0.2) is 0 Å². The molecule has 1 aromatic rings. The van der Waals surface area contributed by atoms with E-state index < -0.39 is 0 Å². The molecule has 1 aromatic heterocycles. The SMILES string of the molecule is CNc1nc(NC(C)(C)COC)nc(N2CCCC2)n1. The summed E-state index contributed by atoms with van der Waals surface area (Å²) in [6.07, 6.45) is 2.39. The van der Waals surface area contributed by atoms with Crippen LogP contribution in [0.25, 0.3) is 0 Å². The molecule has 20 heavy (non-hydrogen) atoms. The van der Waals surface area contributed by atoms with Crippen LogP contribution in [-0.2, 0) is 4.74 Å². The summed E-state index contributed by atoms with van der Waals surface area (Å²) >= 11 is 0. The van der Waals surface area contributed by atoms with E-state index >= 15 is 0 Å². The molecule has 7 nitrogen and oxygen atoms in total. The lowest BCUT2D eigenvalue weighted by atomic mass is 10.1. The highest BCUT2D eigenvalue weighted by Gasteiger charge is 2.21. The van der Waals surface area contributed by atoms with Gasteiger partial charge in [0.1, 0.15) is 0 Å². The highest BCUT2D eigenvalue weighted by molar-refractivity contribution is 5.45. The largest absolute Gasteiger partial charge is 0.382 e. The van der Waals surface area contributed by atoms with E-state index in [0.29, 0.717) is 18.5 Å². The smallest absolute Gasteiger partial charge is 0.231 e. The molecule has 2 heterocycles. The van der Waals surface area contributed by atoms with Gasteiger partial charge in [-0.2, -0.15) is 15.0 Å². The Morgan fingerprint density at radius 1 is 1.15 bits per heavy atom. The molecule has 1 saturated heterocycles. The van der Waals surface area contributed by atoms with Crippen molar-refractivity contribution >= 4 is 17.8 Å². The summed E-state index contributed by atoms with van der Waals surface area (Å²) in [5.74, 6) is 1.89. The molecule has 0 bridgehead atoms. The van der Waals surface area contributed by atoms with Gasteiger partial charge < -0.3 is 20.3 Å². The lowest BCUT2D eigenvalue weighted by Crippen LogP contribution is -2.37. The van der Waals surface area contributed by atoms with Gasteiger partial charge in [0.15, 0.2) is 0 Å². The molecule has 0 spiro atoms. The number of ether oxygens (including phenoxy) is 1. The molecule has 0 unspecified atom stereocenters. The Hall–Kier alpha value is -1.63. The normalized spacial score (nSPS) is 15.5. The van der Waals surface area contributed by atoms with Crippen LogP contribution in [0.4, 0.5) is 17.8 Å². The number of nitrogens with one attached hydrogen (secondary N) is 2. The zero-order valence-corrected chi connectivity index (χ0v) is 12.7. The van der Waals surface area contributed by atoms with E-state index in [9.17, 15) is 0 Å². The van der Waals surface area contributed by atoms with E-state index in [0.717, 1.165) is 19.0 Å². The van der Waals surface area contributed by atoms with Crippen LogP contribution in [-0.4, -0.2) is 54.3 Å². The van der Waals surface area contributed by atoms with Crippen LogP contribution in [0.3, 0.4) is 0 Å². The summed E-state index contributed by atoms with van der Waals surface area (Å²) in [5.41, 5.74) is -0.233. The van der Waals surface area contributed by atoms with Crippen molar-refractivity contribution in [3.05, 3.63) is 0 Å². The molecule has 1 aliphatic heterocycles. The second-order valence-electron chi connectivity index (χ2n) is 5.67. The number of nitrogens with zero attached hydrogens (tertiary/aromatic N) is 4. The molecule has 7 heteroatoms. The maximum absolute atomic E-state index is 5.21. The zero-order valence-electron chi connectivity index (χ0n) is 12.7. The van der Waals surface area contributed by atoms with Gasteiger partial charge in [0.05, 0.1) is 12.1 Å². The van der Waals surface area contributed by atoms with Crippen molar-refractivity contribution < 1.29 is 4.74 Å². The Morgan fingerprint density at radius 3 is 2.40 bits per heavy atom. The minimum absolute atomic E-state index is 0.233. The topological polar surface area (TPSA) is 75.2 Å². The first-order chi connectivity index (χ1) is 9.54. The van der Waals surface area contributed by atoms with Gasteiger partial charge in [0, 0.05) is 27.2 Å². The molecule has 112 valence electrons.